The van der Waals surface area contributed by atoms with Crippen molar-refractivity contribution in [3.63, 3.8) is 0 Å². The number of carboxylic acid groups (broad SMARTS) is 1. The van der Waals surface area contributed by atoms with E-state index in [0.29, 0.717) is 0 Å². The van der Waals surface area contributed by atoms with E-state index in [1.165, 1.54) is 39.4 Å². The Balaban J connectivity index is 1.71. The van der Waals surface area contributed by atoms with Gasteiger partial charge in [-0.25, -0.2) is 4.79 Å². The lowest BCUT2D eigenvalue weighted by Crippen LogP contribution is -2.33. The molecule has 1 unspecified atom stereocenters. The van der Waals surface area contributed by atoms with Crippen LogP contribution in [0.4, 0.5) is 5.69 Å². The molecule has 3 N–H and O–H groups in total. The summed E-state index contributed by atoms with van der Waals surface area (Å²) in [4.78, 5) is 16.3. The number of aliphatic carboxylic acids is 1. The van der Waals surface area contributed by atoms with Gasteiger partial charge in [0.15, 0.2) is 5.54 Å². The highest BCUT2D eigenvalue weighted by Gasteiger charge is 2.37. The molecule has 1 aliphatic carbocycles. The lowest BCUT2D eigenvalue weighted by molar-refractivity contribution is -0.140. The Hall–Kier alpha value is -3.66. The summed E-state index contributed by atoms with van der Waals surface area (Å²) in [5.41, 5.74) is 12.9. The molecule has 3 aromatic rings. The van der Waals surface area contributed by atoms with Crippen LogP contribution in [-0.2, 0) is 22.0 Å². The Morgan fingerprint density at radius 1 is 0.919 bits per heavy atom. The van der Waals surface area contributed by atoms with Crippen molar-refractivity contribution in [2.45, 2.75) is 70.3 Å². The molecule has 4 heteroatoms. The molecule has 0 radical (unpaired) electrons. The molecular weight excluding hydrogens is 456 g/mol. The fourth-order valence-electron chi connectivity index (χ4n) is 5.60. The van der Waals surface area contributed by atoms with E-state index in [1.54, 1.807) is 19.2 Å². The highest BCUT2D eigenvalue weighted by atomic mass is 16.4. The molecule has 4 nitrogen and oxygen atoms in total. The highest BCUT2D eigenvalue weighted by Crippen LogP contribution is 2.47. The summed E-state index contributed by atoms with van der Waals surface area (Å²) in [5.74, 6) is -0.966. The van der Waals surface area contributed by atoms with Crippen molar-refractivity contribution in [2.24, 2.45) is 4.99 Å². The molecule has 2 aliphatic rings. The van der Waals surface area contributed by atoms with Crippen molar-refractivity contribution < 1.29 is 9.90 Å². The Labute approximate surface area is 219 Å². The van der Waals surface area contributed by atoms with Crippen LogP contribution in [0.25, 0.3) is 16.3 Å². The molecular formula is C33H36N2O2. The monoisotopic (exact) mass is 492 g/mol. The van der Waals surface area contributed by atoms with E-state index >= 15 is 0 Å². The van der Waals surface area contributed by atoms with Gasteiger partial charge in [0.2, 0.25) is 0 Å². The third kappa shape index (κ3) is 4.61. The van der Waals surface area contributed by atoms with Gasteiger partial charge in [0.05, 0.1) is 0 Å². The van der Waals surface area contributed by atoms with E-state index in [1.807, 2.05) is 24.3 Å². The molecule has 0 aromatic heterocycles. The zero-order chi connectivity index (χ0) is 26.6. The Morgan fingerprint density at radius 2 is 1.51 bits per heavy atom. The van der Waals surface area contributed by atoms with Crippen molar-refractivity contribution in [2.75, 3.05) is 5.73 Å². The second-order valence-corrected chi connectivity index (χ2v) is 12.1. The van der Waals surface area contributed by atoms with E-state index in [0.717, 1.165) is 29.7 Å². The maximum absolute atomic E-state index is 11.8. The van der Waals surface area contributed by atoms with E-state index in [-0.39, 0.29) is 10.8 Å². The zero-order valence-corrected chi connectivity index (χ0v) is 22.4. The van der Waals surface area contributed by atoms with Crippen molar-refractivity contribution >= 4 is 34.2 Å². The summed E-state index contributed by atoms with van der Waals surface area (Å²) in [6.45, 7) is 11.0. The third-order valence-corrected chi connectivity index (χ3v) is 8.32. The topological polar surface area (TPSA) is 75.7 Å². The Bertz CT molecular complexity index is 1490. The minimum atomic E-state index is -1.28. The average Bonchev–Trinajstić information content (AvgIpc) is 3.05. The van der Waals surface area contributed by atoms with Crippen molar-refractivity contribution in [3.8, 4) is 0 Å². The second kappa shape index (κ2) is 8.72. The first kappa shape index (κ1) is 25.0. The van der Waals surface area contributed by atoms with E-state index < -0.39 is 11.5 Å². The van der Waals surface area contributed by atoms with Crippen molar-refractivity contribution in [1.29, 1.82) is 0 Å². The number of carbonyl (C=O) groups is 1. The summed E-state index contributed by atoms with van der Waals surface area (Å²) in [7, 11) is 0. The maximum Gasteiger partial charge on any atom is 0.335 e. The molecule has 0 spiro atoms. The molecule has 0 bridgehead atoms. The number of hydrogen-bond acceptors (Lipinski definition) is 3. The smallest absolute Gasteiger partial charge is 0.335 e. The molecule has 5 rings (SSSR count). The molecule has 1 aliphatic heterocycles. The number of rotatable bonds is 4. The summed E-state index contributed by atoms with van der Waals surface area (Å²) >= 11 is 0. The lowest BCUT2D eigenvalue weighted by atomic mass is 9.62. The molecule has 1 atom stereocenters. The van der Waals surface area contributed by atoms with Crippen LogP contribution in [0.5, 0.6) is 0 Å². The van der Waals surface area contributed by atoms with Gasteiger partial charge in [0.25, 0.3) is 0 Å². The minimum absolute atomic E-state index is 0.122. The molecule has 0 saturated heterocycles. The number of hydrogen-bond donors (Lipinski definition) is 2. The van der Waals surface area contributed by atoms with Crippen LogP contribution in [0.2, 0.25) is 0 Å². The number of carboxylic acids is 1. The summed E-state index contributed by atoms with van der Waals surface area (Å²) in [6.07, 6.45) is 10.2. The molecule has 190 valence electrons. The molecule has 37 heavy (non-hydrogen) atoms. The predicted molar refractivity (Wildman–Crippen MR) is 155 cm³/mol. The number of nitrogens with zero attached hydrogens (tertiary/aromatic N) is 1. The molecule has 0 saturated carbocycles. The van der Waals surface area contributed by atoms with Crippen LogP contribution in [-0.4, -0.2) is 22.8 Å². The molecule has 1 heterocycles. The number of benzene rings is 3. The molecule has 0 fully saturated rings. The number of nitrogen functional groups attached to an aromatic ring is 1. The molecule has 0 amide bonds. The number of allylic oxidation sites excluding steroid dienone is 3. The van der Waals surface area contributed by atoms with Crippen LogP contribution in [0.15, 0.2) is 71.8 Å². The van der Waals surface area contributed by atoms with Gasteiger partial charge < -0.3 is 10.8 Å². The number of anilines is 1. The van der Waals surface area contributed by atoms with Crippen LogP contribution in [0.1, 0.15) is 75.3 Å². The summed E-state index contributed by atoms with van der Waals surface area (Å²) < 4.78 is 0. The fourth-order valence-corrected chi connectivity index (χ4v) is 5.60. The fraction of sp³-hybridized carbons (Fsp3) is 0.333. The summed E-state index contributed by atoms with van der Waals surface area (Å²) in [6, 6.07) is 17.4. The average molecular weight is 493 g/mol. The van der Waals surface area contributed by atoms with Crippen molar-refractivity contribution in [1.82, 2.24) is 0 Å². The molecule has 3 aromatic carbocycles. The lowest BCUT2D eigenvalue weighted by Gasteiger charge is -2.42. The summed E-state index contributed by atoms with van der Waals surface area (Å²) in [5, 5.41) is 12.1. The first-order valence-corrected chi connectivity index (χ1v) is 13.0. The van der Waals surface area contributed by atoms with Crippen LogP contribution < -0.4 is 5.73 Å². The quantitative estimate of drug-likeness (QED) is 0.377. The van der Waals surface area contributed by atoms with E-state index in [2.05, 4.69) is 69.1 Å². The number of fused-ring (bicyclic) bond motifs is 2. The first-order valence-electron chi connectivity index (χ1n) is 13.0. The van der Waals surface area contributed by atoms with E-state index in [9.17, 15) is 9.90 Å². The number of aliphatic imine (C=N–C) groups is 1. The van der Waals surface area contributed by atoms with Gasteiger partial charge in [0.1, 0.15) is 0 Å². The van der Waals surface area contributed by atoms with Gasteiger partial charge in [-0.1, -0.05) is 70.2 Å². The largest absolute Gasteiger partial charge is 0.479 e. The van der Waals surface area contributed by atoms with Gasteiger partial charge in [-0.15, -0.1) is 0 Å². The SMILES string of the molecule is CC1(C(=O)O)C=CC=C(c2cc3cc4c(cc3cc2Cc2ccc(N)cc2)C(C)(C)CCC4(C)C)C=N1. The van der Waals surface area contributed by atoms with Gasteiger partial charge in [0, 0.05) is 11.9 Å². The normalized spacial score (nSPS) is 21.8. The first-order chi connectivity index (χ1) is 17.4. The van der Waals surface area contributed by atoms with Crippen LogP contribution in [0, 0.1) is 0 Å². The van der Waals surface area contributed by atoms with Crippen LogP contribution >= 0.6 is 0 Å². The Kier molecular flexibility index (Phi) is 5.90. The second-order valence-electron chi connectivity index (χ2n) is 12.1. The van der Waals surface area contributed by atoms with E-state index in [4.69, 9.17) is 5.73 Å². The zero-order valence-electron chi connectivity index (χ0n) is 22.4. The standard InChI is InChI=1S/C33H36N2O2/c1-31(2)13-14-32(3,4)29-19-24-17-27(22-7-6-12-33(5,30(36)37)35-20-22)25(16-23(24)18-28(29)31)15-21-8-10-26(34)11-9-21/h6-12,16-20H,13-15,34H2,1-5H3,(H,36,37). The van der Waals surface area contributed by atoms with Crippen molar-refractivity contribution in [3.05, 3.63) is 94.6 Å². The van der Waals surface area contributed by atoms with Gasteiger partial charge in [-0.05, 0) is 105 Å². The highest BCUT2D eigenvalue weighted by molar-refractivity contribution is 6.13. The van der Waals surface area contributed by atoms with Gasteiger partial charge >= 0.3 is 5.97 Å². The van der Waals surface area contributed by atoms with Gasteiger partial charge in [-0.2, -0.15) is 0 Å². The predicted octanol–water partition coefficient (Wildman–Crippen LogP) is 7.23. The van der Waals surface area contributed by atoms with Gasteiger partial charge in [-0.3, -0.25) is 4.99 Å². The minimum Gasteiger partial charge on any atom is -0.479 e. The maximum atomic E-state index is 11.8. The third-order valence-electron chi connectivity index (χ3n) is 8.32. The number of nitrogens with two attached hydrogens (primary N) is 1. The Morgan fingerprint density at radius 3 is 2.11 bits per heavy atom. The van der Waals surface area contributed by atoms with Crippen LogP contribution in [0.3, 0.4) is 0 Å².